The third-order valence-corrected chi connectivity index (χ3v) is 4.68. The van der Waals surface area contributed by atoms with Crippen LogP contribution in [0.2, 0.25) is 0 Å². The van der Waals surface area contributed by atoms with Crippen LogP contribution in [0.15, 0.2) is 0 Å². The maximum Gasteiger partial charge on any atom is 0.0644 e. The van der Waals surface area contributed by atoms with Gasteiger partial charge in [-0.25, -0.2) is 0 Å². The number of hydrogen-bond donors (Lipinski definition) is 2. The molecule has 5 nitrogen and oxygen atoms in total. The summed E-state index contributed by atoms with van der Waals surface area (Å²) in [6.45, 7) is 11.4. The molecule has 1 aliphatic rings. The van der Waals surface area contributed by atoms with Crippen LogP contribution < -0.4 is 5.32 Å². The zero-order chi connectivity index (χ0) is 15.2. The largest absolute Gasteiger partial charge is 0.394 e. The Morgan fingerprint density at radius 1 is 1.33 bits per heavy atom. The van der Waals surface area contributed by atoms with E-state index in [1.165, 1.54) is 37.1 Å². The zero-order valence-electron chi connectivity index (χ0n) is 13.7. The Morgan fingerprint density at radius 2 is 2.14 bits per heavy atom. The lowest BCUT2D eigenvalue weighted by atomic mass is 10.0. The van der Waals surface area contributed by atoms with E-state index in [9.17, 15) is 0 Å². The highest BCUT2D eigenvalue weighted by Crippen LogP contribution is 2.17. The minimum Gasteiger partial charge on any atom is -0.394 e. The van der Waals surface area contributed by atoms with Gasteiger partial charge in [0, 0.05) is 30.4 Å². The molecule has 1 fully saturated rings. The van der Waals surface area contributed by atoms with Crippen LogP contribution in [0.25, 0.3) is 0 Å². The SMILES string of the molecule is CCN1CCCCC1CNCc1c(C)nn(CCO)c1C. The van der Waals surface area contributed by atoms with Gasteiger partial charge < -0.3 is 10.4 Å². The van der Waals surface area contributed by atoms with Crippen LogP contribution >= 0.6 is 0 Å². The average Bonchev–Trinajstić information content (AvgIpc) is 2.75. The topological polar surface area (TPSA) is 53.3 Å². The molecule has 2 heterocycles. The fraction of sp³-hybridized carbons (Fsp3) is 0.812. The summed E-state index contributed by atoms with van der Waals surface area (Å²) in [5.41, 5.74) is 3.52. The van der Waals surface area contributed by atoms with Gasteiger partial charge in [-0.3, -0.25) is 9.58 Å². The summed E-state index contributed by atoms with van der Waals surface area (Å²) in [7, 11) is 0. The monoisotopic (exact) mass is 294 g/mol. The summed E-state index contributed by atoms with van der Waals surface area (Å²) in [6, 6.07) is 0.678. The normalized spacial score (nSPS) is 20.1. The summed E-state index contributed by atoms with van der Waals surface area (Å²) in [4.78, 5) is 2.59. The highest BCUT2D eigenvalue weighted by atomic mass is 16.3. The van der Waals surface area contributed by atoms with Crippen molar-refractivity contribution in [1.29, 1.82) is 0 Å². The molecule has 0 bridgehead atoms. The Bertz CT molecular complexity index is 444. The van der Waals surface area contributed by atoms with Crippen LogP contribution in [0.3, 0.4) is 0 Å². The van der Waals surface area contributed by atoms with Crippen molar-refractivity contribution in [1.82, 2.24) is 20.0 Å². The molecular formula is C16H30N4O. The maximum atomic E-state index is 9.06. The first kappa shape index (κ1) is 16.5. The third kappa shape index (κ3) is 4.05. The molecule has 1 aromatic heterocycles. The van der Waals surface area contributed by atoms with Gasteiger partial charge in [0.05, 0.1) is 18.8 Å². The molecule has 0 aliphatic carbocycles. The molecule has 0 aromatic carbocycles. The van der Waals surface area contributed by atoms with Crippen LogP contribution in [0, 0.1) is 13.8 Å². The number of nitrogens with one attached hydrogen (secondary N) is 1. The molecule has 0 amide bonds. The quantitative estimate of drug-likeness (QED) is 0.799. The first-order valence-electron chi connectivity index (χ1n) is 8.25. The van der Waals surface area contributed by atoms with Gasteiger partial charge >= 0.3 is 0 Å². The molecular weight excluding hydrogens is 264 g/mol. The van der Waals surface area contributed by atoms with Crippen molar-refractivity contribution in [3.8, 4) is 0 Å². The molecule has 120 valence electrons. The Labute approximate surface area is 128 Å². The fourth-order valence-electron chi connectivity index (χ4n) is 3.37. The van der Waals surface area contributed by atoms with Gasteiger partial charge in [-0.2, -0.15) is 5.10 Å². The number of likely N-dealkylation sites (tertiary alicyclic amines) is 1. The van der Waals surface area contributed by atoms with E-state index < -0.39 is 0 Å². The number of hydrogen-bond acceptors (Lipinski definition) is 4. The highest BCUT2D eigenvalue weighted by Gasteiger charge is 2.20. The summed E-state index contributed by atoms with van der Waals surface area (Å²) in [5.74, 6) is 0. The van der Waals surface area contributed by atoms with Crippen molar-refractivity contribution in [2.45, 2.75) is 59.2 Å². The van der Waals surface area contributed by atoms with Gasteiger partial charge in [-0.1, -0.05) is 13.3 Å². The van der Waals surface area contributed by atoms with Gasteiger partial charge in [-0.05, 0) is 39.8 Å². The second kappa shape index (κ2) is 7.92. The number of rotatable bonds is 7. The number of aliphatic hydroxyl groups is 1. The van der Waals surface area contributed by atoms with Crippen molar-refractivity contribution in [2.75, 3.05) is 26.2 Å². The molecule has 2 rings (SSSR count). The van der Waals surface area contributed by atoms with Crippen molar-refractivity contribution < 1.29 is 5.11 Å². The molecule has 2 N–H and O–H groups in total. The predicted octanol–water partition coefficient (Wildman–Crippen LogP) is 1.46. The van der Waals surface area contributed by atoms with Crippen molar-refractivity contribution in [3.63, 3.8) is 0 Å². The lowest BCUT2D eigenvalue weighted by Crippen LogP contribution is -2.45. The molecule has 21 heavy (non-hydrogen) atoms. The molecule has 0 spiro atoms. The van der Waals surface area contributed by atoms with E-state index >= 15 is 0 Å². The molecule has 0 radical (unpaired) electrons. The number of aliphatic hydroxyl groups excluding tert-OH is 1. The lowest BCUT2D eigenvalue weighted by molar-refractivity contribution is 0.153. The molecule has 1 aromatic rings. The van der Waals surface area contributed by atoms with Gasteiger partial charge in [0.25, 0.3) is 0 Å². The van der Waals surface area contributed by atoms with Gasteiger partial charge in [0.15, 0.2) is 0 Å². The summed E-state index contributed by atoms with van der Waals surface area (Å²) in [5, 5.41) is 17.2. The fourth-order valence-corrected chi connectivity index (χ4v) is 3.37. The molecule has 1 aliphatic heterocycles. The molecule has 1 atom stereocenters. The zero-order valence-corrected chi connectivity index (χ0v) is 13.7. The average molecular weight is 294 g/mol. The van der Waals surface area contributed by atoms with Crippen LogP contribution in [-0.4, -0.2) is 52.1 Å². The maximum absolute atomic E-state index is 9.06. The Morgan fingerprint density at radius 3 is 2.86 bits per heavy atom. The third-order valence-electron chi connectivity index (χ3n) is 4.68. The smallest absolute Gasteiger partial charge is 0.0644 e. The molecule has 1 unspecified atom stereocenters. The Balaban J connectivity index is 1.88. The van der Waals surface area contributed by atoms with Crippen LogP contribution in [0.5, 0.6) is 0 Å². The summed E-state index contributed by atoms with van der Waals surface area (Å²) >= 11 is 0. The second-order valence-corrected chi connectivity index (χ2v) is 6.01. The van der Waals surface area contributed by atoms with Crippen LogP contribution in [0.4, 0.5) is 0 Å². The standard InChI is InChI=1S/C16H30N4O/c1-4-19-8-6-5-7-15(19)11-17-12-16-13(2)18-20(9-10-21)14(16)3/h15,17,21H,4-12H2,1-3H3. The summed E-state index contributed by atoms with van der Waals surface area (Å²) < 4.78 is 1.91. The minimum atomic E-state index is 0.141. The number of likely N-dealkylation sites (N-methyl/N-ethyl adjacent to an activating group) is 1. The minimum absolute atomic E-state index is 0.141. The highest BCUT2D eigenvalue weighted by molar-refractivity contribution is 5.24. The van der Waals surface area contributed by atoms with Crippen molar-refractivity contribution in [2.24, 2.45) is 0 Å². The first-order valence-corrected chi connectivity index (χ1v) is 8.25. The van der Waals surface area contributed by atoms with Gasteiger partial charge in [0.1, 0.15) is 0 Å². The van der Waals surface area contributed by atoms with E-state index in [0.717, 1.165) is 25.3 Å². The van der Waals surface area contributed by atoms with E-state index in [0.29, 0.717) is 12.6 Å². The number of nitrogens with zero attached hydrogens (tertiary/aromatic N) is 3. The summed E-state index contributed by atoms with van der Waals surface area (Å²) in [6.07, 6.45) is 4.01. The van der Waals surface area contributed by atoms with E-state index in [-0.39, 0.29) is 6.61 Å². The predicted molar refractivity (Wildman–Crippen MR) is 85.4 cm³/mol. The van der Waals surface area contributed by atoms with Crippen LogP contribution in [-0.2, 0) is 13.1 Å². The molecule has 0 saturated carbocycles. The van der Waals surface area contributed by atoms with Crippen molar-refractivity contribution >= 4 is 0 Å². The van der Waals surface area contributed by atoms with Crippen LogP contribution in [0.1, 0.15) is 43.1 Å². The van der Waals surface area contributed by atoms with Crippen molar-refractivity contribution in [3.05, 3.63) is 17.0 Å². The Hall–Kier alpha value is -0.910. The lowest BCUT2D eigenvalue weighted by Gasteiger charge is -2.35. The van der Waals surface area contributed by atoms with E-state index in [1.54, 1.807) is 0 Å². The Kier molecular flexibility index (Phi) is 6.21. The van der Waals surface area contributed by atoms with E-state index in [2.05, 4.69) is 36.1 Å². The molecule has 5 heteroatoms. The number of aryl methyl sites for hydroxylation is 1. The molecule has 1 saturated heterocycles. The van der Waals surface area contributed by atoms with E-state index in [4.69, 9.17) is 5.11 Å². The number of aromatic nitrogens is 2. The van der Waals surface area contributed by atoms with Gasteiger partial charge in [-0.15, -0.1) is 0 Å². The van der Waals surface area contributed by atoms with E-state index in [1.807, 2.05) is 4.68 Å². The number of piperidine rings is 1. The first-order chi connectivity index (χ1) is 10.2. The van der Waals surface area contributed by atoms with Gasteiger partial charge in [0.2, 0.25) is 0 Å². The second-order valence-electron chi connectivity index (χ2n) is 6.01.